The highest BCUT2D eigenvalue weighted by Gasteiger charge is 2.23. The molecule has 0 aromatic heterocycles. The van der Waals surface area contributed by atoms with Crippen molar-refractivity contribution in [3.63, 3.8) is 0 Å². The summed E-state index contributed by atoms with van der Waals surface area (Å²) in [4.78, 5) is 22.4. The molecule has 5 nitrogen and oxygen atoms in total. The Labute approximate surface area is 99.5 Å². The quantitative estimate of drug-likeness (QED) is 0.612. The molecule has 0 aromatic carbocycles. The highest BCUT2D eigenvalue weighted by atomic mass is 32.2. The number of carbonyl (C=O) groups is 2. The van der Waals surface area contributed by atoms with Crippen molar-refractivity contribution >= 4 is 23.6 Å². The third-order valence-electron chi connectivity index (χ3n) is 2.06. The van der Waals surface area contributed by atoms with Crippen molar-refractivity contribution in [2.24, 2.45) is 5.73 Å². The Morgan fingerprint density at radius 2 is 2.25 bits per heavy atom. The van der Waals surface area contributed by atoms with Crippen LogP contribution in [-0.4, -0.2) is 42.1 Å². The Morgan fingerprint density at radius 1 is 1.56 bits per heavy atom. The monoisotopic (exact) mass is 246 g/mol. The summed E-state index contributed by atoms with van der Waals surface area (Å²) < 4.78 is 4.76. The van der Waals surface area contributed by atoms with Crippen LogP contribution in [0.5, 0.6) is 0 Å². The Hall–Kier alpha value is -0.750. The van der Waals surface area contributed by atoms with Gasteiger partial charge in [-0.3, -0.25) is 9.59 Å². The van der Waals surface area contributed by atoms with Crippen LogP contribution < -0.4 is 11.1 Å². The number of nitrogens with two attached hydrogens (primary N) is 1. The average Bonchev–Trinajstić information content (AvgIpc) is 3.01. The van der Waals surface area contributed by atoms with Gasteiger partial charge in [0.05, 0.1) is 12.4 Å². The van der Waals surface area contributed by atoms with Crippen LogP contribution in [0.1, 0.15) is 19.8 Å². The van der Waals surface area contributed by atoms with E-state index in [2.05, 4.69) is 5.32 Å². The van der Waals surface area contributed by atoms with Gasteiger partial charge in [0.25, 0.3) is 0 Å². The number of rotatable bonds is 7. The van der Waals surface area contributed by atoms with E-state index in [9.17, 15) is 9.59 Å². The minimum Gasteiger partial charge on any atom is -0.465 e. The van der Waals surface area contributed by atoms with Gasteiger partial charge in [-0.15, -0.1) is 11.8 Å². The lowest BCUT2D eigenvalue weighted by Gasteiger charge is -2.09. The second-order valence-corrected chi connectivity index (χ2v) is 4.75. The number of amides is 1. The van der Waals surface area contributed by atoms with Crippen LogP contribution in [0.15, 0.2) is 0 Å². The standard InChI is InChI=1S/C10H18N2O3S/c1-2-15-10(14)8(11)5-16-6-9(13)12-7-3-4-7/h7-8H,2-6,11H2,1H3,(H,12,13). The summed E-state index contributed by atoms with van der Waals surface area (Å²) in [6.45, 7) is 2.07. The molecule has 1 atom stereocenters. The lowest BCUT2D eigenvalue weighted by molar-refractivity contribution is -0.144. The van der Waals surface area contributed by atoms with Crippen molar-refractivity contribution in [3.05, 3.63) is 0 Å². The van der Waals surface area contributed by atoms with Gasteiger partial charge >= 0.3 is 5.97 Å². The predicted octanol–water partition coefficient (Wildman–Crippen LogP) is -0.111. The van der Waals surface area contributed by atoms with E-state index in [0.29, 0.717) is 24.2 Å². The van der Waals surface area contributed by atoms with E-state index in [1.54, 1.807) is 6.92 Å². The first-order chi connectivity index (χ1) is 7.63. The Morgan fingerprint density at radius 3 is 2.81 bits per heavy atom. The van der Waals surface area contributed by atoms with Gasteiger partial charge in [-0.1, -0.05) is 0 Å². The second kappa shape index (κ2) is 6.75. The number of hydrogen-bond acceptors (Lipinski definition) is 5. The Kier molecular flexibility index (Phi) is 5.62. The van der Waals surface area contributed by atoms with E-state index < -0.39 is 12.0 Å². The van der Waals surface area contributed by atoms with E-state index in [-0.39, 0.29) is 5.91 Å². The normalized spacial score (nSPS) is 16.6. The maximum atomic E-state index is 11.3. The third-order valence-corrected chi connectivity index (χ3v) is 3.12. The Balaban J connectivity index is 2.04. The molecular weight excluding hydrogens is 228 g/mol. The van der Waals surface area contributed by atoms with Crippen molar-refractivity contribution in [2.45, 2.75) is 31.8 Å². The zero-order valence-electron chi connectivity index (χ0n) is 9.40. The van der Waals surface area contributed by atoms with Crippen LogP contribution in [0.2, 0.25) is 0 Å². The van der Waals surface area contributed by atoms with Crippen molar-refractivity contribution in [1.82, 2.24) is 5.32 Å². The minimum absolute atomic E-state index is 0.0172. The molecule has 1 fully saturated rings. The summed E-state index contributed by atoms with van der Waals surface area (Å²) in [6.07, 6.45) is 2.16. The van der Waals surface area contributed by atoms with Crippen LogP contribution in [0.3, 0.4) is 0 Å². The number of esters is 1. The van der Waals surface area contributed by atoms with Gasteiger partial charge in [-0.05, 0) is 19.8 Å². The van der Waals surface area contributed by atoms with E-state index in [0.717, 1.165) is 12.8 Å². The molecule has 0 saturated heterocycles. The second-order valence-electron chi connectivity index (χ2n) is 3.72. The van der Waals surface area contributed by atoms with Gasteiger partial charge < -0.3 is 15.8 Å². The van der Waals surface area contributed by atoms with Crippen molar-refractivity contribution < 1.29 is 14.3 Å². The fraction of sp³-hybridized carbons (Fsp3) is 0.800. The van der Waals surface area contributed by atoms with Crippen molar-refractivity contribution in [2.75, 3.05) is 18.1 Å². The van der Waals surface area contributed by atoms with Gasteiger partial charge in [0, 0.05) is 11.8 Å². The number of carbonyl (C=O) groups excluding carboxylic acids is 2. The van der Waals surface area contributed by atoms with Crippen LogP contribution in [0.25, 0.3) is 0 Å². The van der Waals surface area contributed by atoms with Crippen LogP contribution in [0.4, 0.5) is 0 Å². The first kappa shape index (κ1) is 13.3. The first-order valence-electron chi connectivity index (χ1n) is 5.42. The molecule has 1 saturated carbocycles. The summed E-state index contributed by atoms with van der Waals surface area (Å²) in [7, 11) is 0. The third kappa shape index (κ3) is 5.37. The van der Waals surface area contributed by atoms with E-state index in [1.165, 1.54) is 11.8 Å². The minimum atomic E-state index is -0.640. The number of hydrogen-bond donors (Lipinski definition) is 2. The molecule has 1 unspecified atom stereocenters. The van der Waals surface area contributed by atoms with E-state index >= 15 is 0 Å². The molecule has 0 aliphatic heterocycles. The van der Waals surface area contributed by atoms with Crippen molar-refractivity contribution in [1.29, 1.82) is 0 Å². The van der Waals surface area contributed by atoms with Gasteiger partial charge in [-0.25, -0.2) is 0 Å². The van der Waals surface area contributed by atoms with Gasteiger partial charge in [-0.2, -0.15) is 0 Å². The topological polar surface area (TPSA) is 81.4 Å². The van der Waals surface area contributed by atoms with Crippen LogP contribution in [-0.2, 0) is 14.3 Å². The molecule has 3 N–H and O–H groups in total. The molecule has 16 heavy (non-hydrogen) atoms. The summed E-state index contributed by atoms with van der Waals surface area (Å²) in [5.41, 5.74) is 5.58. The molecule has 92 valence electrons. The predicted molar refractivity (Wildman–Crippen MR) is 63.1 cm³/mol. The first-order valence-corrected chi connectivity index (χ1v) is 6.58. The lowest BCUT2D eigenvalue weighted by Crippen LogP contribution is -2.35. The summed E-state index contributed by atoms with van der Waals surface area (Å²) in [5, 5.41) is 2.87. The highest BCUT2D eigenvalue weighted by Crippen LogP contribution is 2.18. The highest BCUT2D eigenvalue weighted by molar-refractivity contribution is 8.00. The maximum absolute atomic E-state index is 11.3. The fourth-order valence-electron chi connectivity index (χ4n) is 1.09. The SMILES string of the molecule is CCOC(=O)C(N)CSCC(=O)NC1CC1. The van der Waals surface area contributed by atoms with Crippen LogP contribution >= 0.6 is 11.8 Å². The zero-order valence-corrected chi connectivity index (χ0v) is 10.2. The summed E-state index contributed by atoms with van der Waals surface area (Å²) >= 11 is 1.36. The lowest BCUT2D eigenvalue weighted by atomic mass is 10.4. The van der Waals surface area contributed by atoms with E-state index in [4.69, 9.17) is 10.5 Å². The molecule has 1 aliphatic carbocycles. The summed E-state index contributed by atoms with van der Waals surface area (Å²) in [6, 6.07) is -0.259. The molecule has 1 amide bonds. The number of ether oxygens (including phenoxy) is 1. The largest absolute Gasteiger partial charge is 0.465 e. The van der Waals surface area contributed by atoms with E-state index in [1.807, 2.05) is 0 Å². The molecule has 1 aliphatic rings. The fourth-order valence-corrected chi connectivity index (χ4v) is 1.87. The maximum Gasteiger partial charge on any atom is 0.323 e. The molecule has 0 heterocycles. The molecule has 6 heteroatoms. The zero-order chi connectivity index (χ0) is 12.0. The number of nitrogens with one attached hydrogen (secondary N) is 1. The smallest absolute Gasteiger partial charge is 0.323 e. The van der Waals surface area contributed by atoms with Crippen LogP contribution in [0, 0.1) is 0 Å². The van der Waals surface area contributed by atoms with Gasteiger partial charge in [0.15, 0.2) is 0 Å². The molecule has 1 rings (SSSR count). The molecular formula is C10H18N2O3S. The van der Waals surface area contributed by atoms with Crippen molar-refractivity contribution in [3.8, 4) is 0 Å². The average molecular weight is 246 g/mol. The van der Waals surface area contributed by atoms with Gasteiger partial charge in [0.1, 0.15) is 6.04 Å². The number of thioether (sulfide) groups is 1. The molecule has 0 aromatic rings. The molecule has 0 bridgehead atoms. The van der Waals surface area contributed by atoms with Gasteiger partial charge in [0.2, 0.25) is 5.91 Å². The molecule has 0 spiro atoms. The summed E-state index contributed by atoms with van der Waals surface area (Å²) in [5.74, 6) is 0.377. The molecule has 0 radical (unpaired) electrons. The Bertz CT molecular complexity index is 256.